The van der Waals surface area contributed by atoms with Crippen LogP contribution in [0.2, 0.25) is 0 Å². The van der Waals surface area contributed by atoms with Gasteiger partial charge in [-0.25, -0.2) is 0 Å². The quantitative estimate of drug-likeness (QED) is 0.763. The summed E-state index contributed by atoms with van der Waals surface area (Å²) in [5.74, 6) is -0.0681. The van der Waals surface area contributed by atoms with Gasteiger partial charge in [-0.05, 0) is 38.3 Å². The summed E-state index contributed by atoms with van der Waals surface area (Å²) in [5.41, 5.74) is 8.93. The van der Waals surface area contributed by atoms with Gasteiger partial charge in [0.1, 0.15) is 0 Å². The molecule has 1 fully saturated rings. The molecule has 1 saturated heterocycles. The van der Waals surface area contributed by atoms with Crippen molar-refractivity contribution in [1.82, 2.24) is 24.8 Å². The Kier molecular flexibility index (Phi) is 8.16. The Balaban J connectivity index is 0.00000300. The molecule has 1 aliphatic rings. The van der Waals surface area contributed by atoms with E-state index < -0.39 is 0 Å². The lowest BCUT2D eigenvalue weighted by Gasteiger charge is -2.36. The first-order valence-corrected chi connectivity index (χ1v) is 9.54. The van der Waals surface area contributed by atoms with Gasteiger partial charge < -0.3 is 15.4 Å². The lowest BCUT2D eigenvalue weighted by molar-refractivity contribution is -0.135. The van der Waals surface area contributed by atoms with Gasteiger partial charge in [-0.15, -0.1) is 12.4 Å². The number of hydrogen-bond donors (Lipinski definition) is 1. The van der Waals surface area contributed by atoms with Gasteiger partial charge >= 0.3 is 6.01 Å². The number of carbonyl (C=O) groups is 1. The fraction of sp³-hybridized carbons (Fsp3) is 0.500. The molecule has 2 N–H and O–H groups in total. The standard InChI is InChI=1S/C20H28N6O2.ClH/c1-14-19(21)15(2)24-20(23-14)28-13-18(27)25(3)17-6-9-26(10-7-17)12-16-5-4-8-22-11-16;/h4-5,8,11,17H,6-7,9-10,12-13,21H2,1-3H3;1H. The second-order valence-electron chi connectivity index (χ2n) is 7.25. The molecule has 0 bridgehead atoms. The number of nitrogens with two attached hydrogens (primary N) is 1. The normalized spacial score (nSPS) is 14.9. The number of aromatic nitrogens is 3. The molecular formula is C20H29ClN6O2. The summed E-state index contributed by atoms with van der Waals surface area (Å²) in [6, 6.07) is 4.46. The van der Waals surface area contributed by atoms with Crippen LogP contribution in [-0.4, -0.2) is 63.4 Å². The van der Waals surface area contributed by atoms with E-state index in [0.717, 1.165) is 32.5 Å². The van der Waals surface area contributed by atoms with Gasteiger partial charge in [0.25, 0.3) is 5.91 Å². The zero-order valence-corrected chi connectivity index (χ0v) is 18.0. The van der Waals surface area contributed by atoms with Crippen LogP contribution in [-0.2, 0) is 11.3 Å². The highest BCUT2D eigenvalue weighted by atomic mass is 35.5. The zero-order chi connectivity index (χ0) is 20.1. The number of ether oxygens (including phenoxy) is 1. The summed E-state index contributed by atoms with van der Waals surface area (Å²) in [5, 5.41) is 0. The van der Waals surface area contributed by atoms with Crippen molar-refractivity contribution in [3.63, 3.8) is 0 Å². The van der Waals surface area contributed by atoms with Crippen molar-refractivity contribution in [2.24, 2.45) is 0 Å². The van der Waals surface area contributed by atoms with Crippen LogP contribution in [0.15, 0.2) is 24.5 Å². The van der Waals surface area contributed by atoms with Crippen molar-refractivity contribution in [3.05, 3.63) is 41.5 Å². The molecule has 0 saturated carbocycles. The molecule has 0 aliphatic carbocycles. The van der Waals surface area contributed by atoms with Crippen LogP contribution in [0, 0.1) is 13.8 Å². The fourth-order valence-corrected chi connectivity index (χ4v) is 3.41. The van der Waals surface area contributed by atoms with Crippen molar-refractivity contribution in [3.8, 4) is 6.01 Å². The molecule has 2 aromatic rings. The number of nitrogen functional groups attached to an aromatic ring is 1. The molecule has 0 unspecified atom stereocenters. The Hall–Kier alpha value is -2.45. The van der Waals surface area contributed by atoms with Gasteiger partial charge in [-0.1, -0.05) is 6.07 Å². The van der Waals surface area contributed by atoms with E-state index in [9.17, 15) is 4.79 Å². The van der Waals surface area contributed by atoms with Crippen molar-refractivity contribution < 1.29 is 9.53 Å². The number of piperidine rings is 1. The van der Waals surface area contributed by atoms with Crippen molar-refractivity contribution in [2.75, 3.05) is 32.5 Å². The summed E-state index contributed by atoms with van der Waals surface area (Å²) in [4.78, 5) is 29.3. The molecule has 8 nitrogen and oxygen atoms in total. The molecule has 1 aliphatic heterocycles. The number of rotatable bonds is 6. The van der Waals surface area contributed by atoms with Crippen molar-refractivity contribution in [2.45, 2.75) is 39.3 Å². The molecule has 0 spiro atoms. The number of amides is 1. The number of aryl methyl sites for hydroxylation is 2. The van der Waals surface area contributed by atoms with Gasteiger partial charge in [0.05, 0.1) is 17.1 Å². The Morgan fingerprint density at radius 3 is 2.52 bits per heavy atom. The van der Waals surface area contributed by atoms with Gasteiger partial charge in [0, 0.05) is 45.1 Å². The van der Waals surface area contributed by atoms with Crippen LogP contribution in [0.5, 0.6) is 6.01 Å². The number of hydrogen-bond acceptors (Lipinski definition) is 7. The minimum absolute atomic E-state index is 0. The smallest absolute Gasteiger partial charge is 0.317 e. The fourth-order valence-electron chi connectivity index (χ4n) is 3.41. The van der Waals surface area contributed by atoms with E-state index in [1.165, 1.54) is 5.56 Å². The summed E-state index contributed by atoms with van der Waals surface area (Å²) in [6.45, 7) is 6.33. The van der Waals surface area contributed by atoms with E-state index >= 15 is 0 Å². The van der Waals surface area contributed by atoms with Gasteiger partial charge in [0.2, 0.25) is 0 Å². The van der Waals surface area contributed by atoms with Crippen LogP contribution in [0.4, 0.5) is 5.69 Å². The molecule has 3 heterocycles. The Labute approximate surface area is 177 Å². The Morgan fingerprint density at radius 1 is 1.28 bits per heavy atom. The average molecular weight is 421 g/mol. The number of likely N-dealkylation sites (N-methyl/N-ethyl adjacent to an activating group) is 1. The van der Waals surface area contributed by atoms with Crippen LogP contribution < -0.4 is 10.5 Å². The monoisotopic (exact) mass is 420 g/mol. The lowest BCUT2D eigenvalue weighted by Crippen LogP contribution is -2.46. The number of carbonyl (C=O) groups excluding carboxylic acids is 1. The summed E-state index contributed by atoms with van der Waals surface area (Å²) < 4.78 is 5.51. The highest BCUT2D eigenvalue weighted by Gasteiger charge is 2.25. The first kappa shape index (κ1) is 22.8. The number of nitrogens with zero attached hydrogens (tertiary/aromatic N) is 5. The lowest BCUT2D eigenvalue weighted by atomic mass is 10.0. The van der Waals surface area contributed by atoms with E-state index in [1.54, 1.807) is 24.9 Å². The van der Waals surface area contributed by atoms with Gasteiger partial charge in [0.15, 0.2) is 6.61 Å². The van der Waals surface area contributed by atoms with Crippen LogP contribution in [0.25, 0.3) is 0 Å². The first-order chi connectivity index (χ1) is 13.4. The van der Waals surface area contributed by atoms with Crippen LogP contribution >= 0.6 is 12.4 Å². The van der Waals surface area contributed by atoms with Crippen LogP contribution in [0.1, 0.15) is 29.8 Å². The Bertz CT molecular complexity index is 789. The summed E-state index contributed by atoms with van der Waals surface area (Å²) >= 11 is 0. The van der Waals surface area contributed by atoms with Gasteiger partial charge in [-0.3, -0.25) is 14.7 Å². The third kappa shape index (κ3) is 6.01. The van der Waals surface area contributed by atoms with E-state index in [-0.39, 0.29) is 37.0 Å². The molecule has 158 valence electrons. The molecule has 0 aromatic carbocycles. The topological polar surface area (TPSA) is 97.5 Å². The van der Waals surface area contributed by atoms with Gasteiger partial charge in [-0.2, -0.15) is 9.97 Å². The predicted molar refractivity (Wildman–Crippen MR) is 114 cm³/mol. The SMILES string of the molecule is Cc1nc(OCC(=O)N(C)C2CCN(Cc3cccnc3)CC2)nc(C)c1N.Cl. The van der Waals surface area contributed by atoms with Crippen LogP contribution in [0.3, 0.4) is 0 Å². The average Bonchev–Trinajstić information content (AvgIpc) is 2.71. The minimum atomic E-state index is -0.0742. The van der Waals surface area contributed by atoms with E-state index in [0.29, 0.717) is 17.1 Å². The highest BCUT2D eigenvalue weighted by molar-refractivity contribution is 5.85. The number of pyridine rings is 1. The summed E-state index contributed by atoms with van der Waals surface area (Å²) in [6.07, 6.45) is 5.58. The Morgan fingerprint density at radius 2 is 1.93 bits per heavy atom. The second-order valence-corrected chi connectivity index (χ2v) is 7.25. The molecule has 1 amide bonds. The zero-order valence-electron chi connectivity index (χ0n) is 17.2. The molecule has 29 heavy (non-hydrogen) atoms. The molecule has 0 atom stereocenters. The number of halogens is 1. The molecule has 3 rings (SSSR count). The number of anilines is 1. The third-order valence-corrected chi connectivity index (χ3v) is 5.26. The highest BCUT2D eigenvalue weighted by Crippen LogP contribution is 2.18. The van der Waals surface area contributed by atoms with Crippen molar-refractivity contribution >= 4 is 24.0 Å². The van der Waals surface area contributed by atoms with E-state index in [4.69, 9.17) is 10.5 Å². The maximum absolute atomic E-state index is 12.5. The minimum Gasteiger partial charge on any atom is -0.453 e. The largest absolute Gasteiger partial charge is 0.453 e. The number of likely N-dealkylation sites (tertiary alicyclic amines) is 1. The maximum Gasteiger partial charge on any atom is 0.317 e. The molecule has 0 radical (unpaired) electrons. The second kappa shape index (κ2) is 10.4. The molecular weight excluding hydrogens is 392 g/mol. The first-order valence-electron chi connectivity index (χ1n) is 9.54. The van der Waals surface area contributed by atoms with E-state index in [2.05, 4.69) is 25.9 Å². The molecule has 2 aromatic heterocycles. The summed E-state index contributed by atoms with van der Waals surface area (Å²) in [7, 11) is 1.84. The van der Waals surface area contributed by atoms with Crippen molar-refractivity contribution in [1.29, 1.82) is 0 Å². The maximum atomic E-state index is 12.5. The third-order valence-electron chi connectivity index (χ3n) is 5.26. The molecule has 9 heteroatoms. The predicted octanol–water partition coefficient (Wildman–Crippen LogP) is 1.99. The van der Waals surface area contributed by atoms with E-state index in [1.807, 2.05) is 19.3 Å².